The van der Waals surface area contributed by atoms with E-state index in [0.29, 0.717) is 0 Å². The first kappa shape index (κ1) is 14.0. The first-order valence-electron chi connectivity index (χ1n) is 7.33. The van der Waals surface area contributed by atoms with Gasteiger partial charge in [-0.25, -0.2) is 0 Å². The predicted molar refractivity (Wildman–Crippen MR) is 70.1 cm³/mol. The summed E-state index contributed by atoms with van der Waals surface area (Å²) in [4.78, 5) is 3.54. The second-order valence-electron chi connectivity index (χ2n) is 5.76. The molecule has 1 aliphatic carbocycles. The Labute approximate surface area is 102 Å². The molecular formula is C14H32N2+2. The van der Waals surface area contributed by atoms with Crippen LogP contribution in [0.4, 0.5) is 0 Å². The first-order chi connectivity index (χ1) is 7.67. The van der Waals surface area contributed by atoms with Crippen LogP contribution in [0, 0.1) is 5.92 Å². The van der Waals surface area contributed by atoms with E-state index in [4.69, 9.17) is 0 Å². The molecule has 1 saturated carbocycles. The molecule has 0 amide bonds. The van der Waals surface area contributed by atoms with Gasteiger partial charge in [0.1, 0.15) is 13.1 Å². The molecule has 0 saturated heterocycles. The van der Waals surface area contributed by atoms with Crippen molar-refractivity contribution in [2.24, 2.45) is 5.92 Å². The van der Waals surface area contributed by atoms with Crippen molar-refractivity contribution in [3.05, 3.63) is 0 Å². The molecule has 0 bridgehead atoms. The maximum absolute atomic E-state index is 2.41. The molecule has 1 rings (SSSR count). The Kier molecular flexibility index (Phi) is 6.37. The van der Waals surface area contributed by atoms with Crippen LogP contribution in [0.15, 0.2) is 0 Å². The second-order valence-corrected chi connectivity index (χ2v) is 5.76. The predicted octanol–water partition coefficient (Wildman–Crippen LogP) is 0.00450. The molecule has 0 aromatic rings. The Morgan fingerprint density at radius 2 is 1.50 bits per heavy atom. The normalized spacial score (nSPS) is 28.3. The van der Waals surface area contributed by atoms with Crippen LogP contribution < -0.4 is 9.80 Å². The van der Waals surface area contributed by atoms with Crippen LogP contribution in [0.2, 0.25) is 0 Å². The lowest BCUT2D eigenvalue weighted by atomic mass is 9.87. The molecule has 0 aliphatic heterocycles. The van der Waals surface area contributed by atoms with Crippen molar-refractivity contribution in [3.63, 3.8) is 0 Å². The Bertz CT molecular complexity index is 170. The highest BCUT2D eigenvalue weighted by Crippen LogP contribution is 2.21. The van der Waals surface area contributed by atoms with Crippen molar-refractivity contribution >= 4 is 0 Å². The minimum atomic E-state index is 0.950. The van der Waals surface area contributed by atoms with Crippen LogP contribution >= 0.6 is 0 Å². The van der Waals surface area contributed by atoms with Crippen molar-refractivity contribution in [2.75, 3.05) is 33.2 Å². The number of rotatable bonds is 6. The Morgan fingerprint density at radius 3 is 2.00 bits per heavy atom. The molecule has 1 aliphatic rings. The number of likely N-dealkylation sites (N-methyl/N-ethyl adjacent to an activating group) is 2. The smallest absolute Gasteiger partial charge is 0.127 e. The van der Waals surface area contributed by atoms with Gasteiger partial charge in [-0.2, -0.15) is 0 Å². The van der Waals surface area contributed by atoms with Gasteiger partial charge in [-0.15, -0.1) is 0 Å². The van der Waals surface area contributed by atoms with Crippen LogP contribution in [0.1, 0.15) is 46.5 Å². The van der Waals surface area contributed by atoms with Crippen LogP contribution in [0.5, 0.6) is 0 Å². The minimum absolute atomic E-state index is 0.950. The Hall–Kier alpha value is -0.0800. The van der Waals surface area contributed by atoms with E-state index in [1.807, 2.05) is 0 Å². The molecule has 96 valence electrons. The molecule has 0 aromatic carbocycles. The van der Waals surface area contributed by atoms with Gasteiger partial charge >= 0.3 is 0 Å². The van der Waals surface area contributed by atoms with Crippen LogP contribution in [0.25, 0.3) is 0 Å². The monoisotopic (exact) mass is 228 g/mol. The van der Waals surface area contributed by atoms with Gasteiger partial charge in [-0.3, -0.25) is 0 Å². The fraction of sp³-hybridized carbons (Fsp3) is 1.00. The summed E-state index contributed by atoms with van der Waals surface area (Å²) in [7, 11) is 2.41. The molecule has 1 atom stereocenters. The number of hydrogen-bond acceptors (Lipinski definition) is 0. The van der Waals surface area contributed by atoms with Crippen molar-refractivity contribution < 1.29 is 9.80 Å². The van der Waals surface area contributed by atoms with E-state index in [2.05, 4.69) is 27.8 Å². The van der Waals surface area contributed by atoms with Gasteiger partial charge in [0.25, 0.3) is 0 Å². The average Bonchev–Trinajstić information content (AvgIpc) is 2.31. The van der Waals surface area contributed by atoms with Gasteiger partial charge in [0.05, 0.1) is 26.2 Å². The number of quaternary nitrogens is 2. The van der Waals surface area contributed by atoms with E-state index in [1.165, 1.54) is 51.9 Å². The molecule has 0 heterocycles. The van der Waals surface area contributed by atoms with Crippen molar-refractivity contribution in [3.8, 4) is 0 Å². The summed E-state index contributed by atoms with van der Waals surface area (Å²) >= 11 is 0. The van der Waals surface area contributed by atoms with Gasteiger partial charge in [-0.1, -0.05) is 6.92 Å². The summed E-state index contributed by atoms with van der Waals surface area (Å²) in [6.45, 7) is 12.3. The molecule has 0 spiro atoms. The lowest BCUT2D eigenvalue weighted by Crippen LogP contribution is -3.20. The van der Waals surface area contributed by atoms with E-state index < -0.39 is 0 Å². The van der Waals surface area contributed by atoms with Crippen molar-refractivity contribution in [1.29, 1.82) is 0 Å². The zero-order valence-electron chi connectivity index (χ0n) is 11.8. The molecule has 1 unspecified atom stereocenters. The zero-order chi connectivity index (χ0) is 12.0. The molecule has 2 N–H and O–H groups in total. The van der Waals surface area contributed by atoms with E-state index in [0.717, 1.165) is 12.0 Å². The van der Waals surface area contributed by atoms with Gasteiger partial charge < -0.3 is 9.80 Å². The van der Waals surface area contributed by atoms with Crippen molar-refractivity contribution in [1.82, 2.24) is 0 Å². The fourth-order valence-corrected chi connectivity index (χ4v) is 2.93. The van der Waals surface area contributed by atoms with Gasteiger partial charge in [-0.05, 0) is 45.4 Å². The molecule has 2 heteroatoms. The maximum Gasteiger partial charge on any atom is 0.127 e. The maximum atomic E-state index is 2.41. The number of nitrogens with one attached hydrogen (secondary N) is 2. The van der Waals surface area contributed by atoms with E-state index >= 15 is 0 Å². The topological polar surface area (TPSA) is 8.88 Å². The zero-order valence-corrected chi connectivity index (χ0v) is 11.8. The van der Waals surface area contributed by atoms with Crippen LogP contribution in [-0.2, 0) is 0 Å². The SMILES string of the molecule is CC[NH+](CC)CC[NH+](C)C1CCC(C)CC1. The first-order valence-corrected chi connectivity index (χ1v) is 7.33. The lowest BCUT2D eigenvalue weighted by molar-refractivity contribution is -0.959. The highest BCUT2D eigenvalue weighted by atomic mass is 15.2. The fourth-order valence-electron chi connectivity index (χ4n) is 2.93. The molecule has 0 aromatic heterocycles. The molecule has 2 nitrogen and oxygen atoms in total. The standard InChI is InChI=1S/C14H30N2/c1-5-16(6-2)12-11-15(4)14-9-7-13(3)8-10-14/h13-14H,5-12H2,1-4H3/p+2. The third kappa shape index (κ3) is 4.42. The van der Waals surface area contributed by atoms with E-state index in [9.17, 15) is 0 Å². The van der Waals surface area contributed by atoms with E-state index in [-0.39, 0.29) is 0 Å². The van der Waals surface area contributed by atoms with E-state index in [1.54, 1.807) is 9.80 Å². The highest BCUT2D eigenvalue weighted by Gasteiger charge is 2.24. The van der Waals surface area contributed by atoms with Crippen LogP contribution in [0.3, 0.4) is 0 Å². The quantitative estimate of drug-likeness (QED) is 0.633. The summed E-state index contributed by atoms with van der Waals surface area (Å²) in [5.74, 6) is 0.984. The second kappa shape index (κ2) is 7.29. The summed E-state index contributed by atoms with van der Waals surface area (Å²) in [6.07, 6.45) is 5.83. The Balaban J connectivity index is 2.21. The summed E-state index contributed by atoms with van der Waals surface area (Å²) in [5.41, 5.74) is 0. The lowest BCUT2D eigenvalue weighted by Gasteiger charge is -2.31. The van der Waals surface area contributed by atoms with Gasteiger partial charge in [0, 0.05) is 0 Å². The third-order valence-corrected chi connectivity index (χ3v) is 4.59. The average molecular weight is 228 g/mol. The minimum Gasteiger partial charge on any atom is -0.331 e. The molecule has 0 radical (unpaired) electrons. The van der Waals surface area contributed by atoms with Gasteiger partial charge in [0.2, 0.25) is 0 Å². The third-order valence-electron chi connectivity index (χ3n) is 4.59. The van der Waals surface area contributed by atoms with Crippen LogP contribution in [-0.4, -0.2) is 39.3 Å². The molecule has 1 fully saturated rings. The number of hydrogen-bond donors (Lipinski definition) is 2. The summed E-state index contributed by atoms with van der Waals surface area (Å²) in [5, 5.41) is 0. The summed E-state index contributed by atoms with van der Waals surface area (Å²) < 4.78 is 0. The highest BCUT2D eigenvalue weighted by molar-refractivity contribution is 4.68. The summed E-state index contributed by atoms with van der Waals surface area (Å²) in [6, 6.07) is 0.950. The molecular weight excluding hydrogens is 196 g/mol. The Morgan fingerprint density at radius 1 is 0.938 bits per heavy atom. The largest absolute Gasteiger partial charge is 0.331 e. The molecule has 16 heavy (non-hydrogen) atoms. The van der Waals surface area contributed by atoms with Gasteiger partial charge in [0.15, 0.2) is 0 Å². The van der Waals surface area contributed by atoms with Crippen molar-refractivity contribution in [2.45, 2.75) is 52.5 Å².